The molecular formula is C13H18N4O2. The maximum Gasteiger partial charge on any atom is 0.269 e. The van der Waals surface area contributed by atoms with Gasteiger partial charge in [-0.05, 0) is 37.8 Å². The van der Waals surface area contributed by atoms with E-state index in [1.165, 1.54) is 6.42 Å². The largest absolute Gasteiger partial charge is 0.378 e. The van der Waals surface area contributed by atoms with Gasteiger partial charge in [-0.25, -0.2) is 0 Å². The van der Waals surface area contributed by atoms with Crippen LogP contribution in [-0.4, -0.2) is 34.9 Å². The Morgan fingerprint density at radius 1 is 1.32 bits per heavy atom. The average molecular weight is 262 g/mol. The van der Waals surface area contributed by atoms with Crippen molar-refractivity contribution in [2.45, 2.75) is 37.8 Å². The van der Waals surface area contributed by atoms with Gasteiger partial charge in [-0.1, -0.05) is 0 Å². The first-order valence-electron chi connectivity index (χ1n) is 6.76. The Hall–Kier alpha value is -1.69. The summed E-state index contributed by atoms with van der Waals surface area (Å²) in [5, 5.41) is 11.2. The molecule has 0 aromatic carbocycles. The smallest absolute Gasteiger partial charge is 0.269 e. The van der Waals surface area contributed by atoms with Crippen molar-refractivity contribution in [3.05, 3.63) is 17.8 Å². The van der Waals surface area contributed by atoms with Gasteiger partial charge in [0.2, 0.25) is 0 Å². The Balaban J connectivity index is 1.68. The van der Waals surface area contributed by atoms with Gasteiger partial charge in [0.25, 0.3) is 5.91 Å². The zero-order valence-electron chi connectivity index (χ0n) is 10.7. The number of fused-ring (bicyclic) bond motifs is 1. The zero-order chi connectivity index (χ0) is 13.2. The topological polar surface area (TPSA) is 90.1 Å². The summed E-state index contributed by atoms with van der Waals surface area (Å²) in [5.41, 5.74) is 5.33. The third kappa shape index (κ3) is 2.53. The van der Waals surface area contributed by atoms with Crippen LogP contribution in [-0.2, 0) is 4.74 Å². The van der Waals surface area contributed by atoms with Crippen LogP contribution in [0.2, 0.25) is 0 Å². The van der Waals surface area contributed by atoms with Gasteiger partial charge < -0.3 is 15.8 Å². The maximum atomic E-state index is 10.9. The highest BCUT2D eigenvalue weighted by Gasteiger charge is 2.37. The van der Waals surface area contributed by atoms with Gasteiger partial charge in [-0.15, -0.1) is 10.2 Å². The zero-order valence-corrected chi connectivity index (χ0v) is 10.7. The lowest BCUT2D eigenvalue weighted by molar-refractivity contribution is 0.0619. The van der Waals surface area contributed by atoms with E-state index in [0.717, 1.165) is 25.9 Å². The summed E-state index contributed by atoms with van der Waals surface area (Å²) in [4.78, 5) is 10.9. The first-order valence-corrected chi connectivity index (χ1v) is 6.76. The van der Waals surface area contributed by atoms with Crippen LogP contribution in [0.15, 0.2) is 12.1 Å². The second-order valence-electron chi connectivity index (χ2n) is 5.21. The standard InChI is InChI=1S/C13H18N4O2/c14-13(18)10-4-5-12(17-16-10)15-9-2-1-3-11-8(9)6-7-19-11/h4-5,8-9,11H,1-3,6-7H2,(H2,14,18)(H,15,17). The summed E-state index contributed by atoms with van der Waals surface area (Å²) in [6, 6.07) is 3.74. The van der Waals surface area contributed by atoms with Gasteiger partial charge in [0, 0.05) is 18.6 Å². The van der Waals surface area contributed by atoms with Crippen LogP contribution in [0.3, 0.4) is 0 Å². The summed E-state index contributed by atoms with van der Waals surface area (Å²) in [6.07, 6.45) is 4.96. The molecule has 1 aromatic heterocycles. The minimum absolute atomic E-state index is 0.191. The van der Waals surface area contributed by atoms with Crippen LogP contribution in [0, 0.1) is 5.92 Å². The lowest BCUT2D eigenvalue weighted by atomic mass is 9.82. The van der Waals surface area contributed by atoms with Crippen LogP contribution >= 0.6 is 0 Å². The van der Waals surface area contributed by atoms with Crippen molar-refractivity contribution in [2.75, 3.05) is 11.9 Å². The molecule has 0 radical (unpaired) electrons. The van der Waals surface area contributed by atoms with E-state index in [-0.39, 0.29) is 5.69 Å². The van der Waals surface area contributed by atoms with Crippen LogP contribution in [0.1, 0.15) is 36.2 Å². The lowest BCUT2D eigenvalue weighted by Gasteiger charge is -2.33. The van der Waals surface area contributed by atoms with Crippen LogP contribution < -0.4 is 11.1 Å². The minimum atomic E-state index is -0.555. The highest BCUT2D eigenvalue weighted by molar-refractivity contribution is 5.90. The predicted octanol–water partition coefficient (Wildman–Crippen LogP) is 0.945. The molecule has 1 saturated heterocycles. The number of carbonyl (C=O) groups excluding carboxylic acids is 1. The van der Waals surface area contributed by atoms with E-state index >= 15 is 0 Å². The molecule has 102 valence electrons. The molecule has 2 fully saturated rings. The molecule has 2 aliphatic rings. The van der Waals surface area contributed by atoms with Crippen molar-refractivity contribution in [2.24, 2.45) is 11.7 Å². The number of nitrogens with one attached hydrogen (secondary N) is 1. The lowest BCUT2D eigenvalue weighted by Crippen LogP contribution is -2.38. The first kappa shape index (κ1) is 12.3. The molecule has 1 aromatic rings. The van der Waals surface area contributed by atoms with E-state index < -0.39 is 5.91 Å². The van der Waals surface area contributed by atoms with Gasteiger partial charge in [0.15, 0.2) is 5.69 Å². The van der Waals surface area contributed by atoms with E-state index in [0.29, 0.717) is 23.9 Å². The number of aromatic nitrogens is 2. The Morgan fingerprint density at radius 2 is 2.21 bits per heavy atom. The van der Waals surface area contributed by atoms with Crippen molar-refractivity contribution in [3.8, 4) is 0 Å². The number of amides is 1. The number of carbonyl (C=O) groups is 1. The van der Waals surface area contributed by atoms with E-state index in [2.05, 4.69) is 15.5 Å². The Bertz CT molecular complexity index is 462. The third-order valence-corrected chi connectivity index (χ3v) is 4.03. The van der Waals surface area contributed by atoms with E-state index in [1.807, 2.05) is 0 Å². The molecule has 6 heteroatoms. The van der Waals surface area contributed by atoms with Crippen molar-refractivity contribution in [1.29, 1.82) is 0 Å². The fraction of sp³-hybridized carbons (Fsp3) is 0.615. The molecule has 2 heterocycles. The molecule has 1 saturated carbocycles. The Kier molecular flexibility index (Phi) is 3.33. The molecule has 19 heavy (non-hydrogen) atoms. The average Bonchev–Trinajstić information content (AvgIpc) is 2.89. The molecule has 3 atom stereocenters. The van der Waals surface area contributed by atoms with Crippen molar-refractivity contribution >= 4 is 11.7 Å². The van der Waals surface area contributed by atoms with E-state index in [1.54, 1.807) is 12.1 Å². The first-order chi connectivity index (χ1) is 9.24. The number of nitrogens with zero attached hydrogens (tertiary/aromatic N) is 2. The molecule has 3 N–H and O–H groups in total. The second-order valence-corrected chi connectivity index (χ2v) is 5.21. The summed E-state index contributed by atoms with van der Waals surface area (Å²) in [6.45, 7) is 0.861. The van der Waals surface area contributed by atoms with Crippen LogP contribution in [0.5, 0.6) is 0 Å². The van der Waals surface area contributed by atoms with Gasteiger partial charge in [0.1, 0.15) is 5.82 Å². The van der Waals surface area contributed by atoms with Crippen LogP contribution in [0.25, 0.3) is 0 Å². The number of nitrogens with two attached hydrogens (primary N) is 1. The van der Waals surface area contributed by atoms with E-state index in [4.69, 9.17) is 10.5 Å². The molecule has 0 bridgehead atoms. The predicted molar refractivity (Wildman–Crippen MR) is 69.7 cm³/mol. The highest BCUT2D eigenvalue weighted by Crippen LogP contribution is 2.35. The van der Waals surface area contributed by atoms with Gasteiger partial charge in [0.05, 0.1) is 6.10 Å². The molecule has 3 rings (SSSR count). The molecule has 1 amide bonds. The number of hydrogen-bond donors (Lipinski definition) is 2. The fourth-order valence-corrected chi connectivity index (χ4v) is 3.09. The third-order valence-electron chi connectivity index (χ3n) is 4.03. The van der Waals surface area contributed by atoms with Gasteiger partial charge in [-0.3, -0.25) is 4.79 Å². The van der Waals surface area contributed by atoms with Crippen molar-refractivity contribution < 1.29 is 9.53 Å². The minimum Gasteiger partial charge on any atom is -0.378 e. The number of ether oxygens (including phenoxy) is 1. The highest BCUT2D eigenvalue weighted by atomic mass is 16.5. The van der Waals surface area contributed by atoms with Gasteiger partial charge >= 0.3 is 0 Å². The summed E-state index contributed by atoms with van der Waals surface area (Å²) >= 11 is 0. The summed E-state index contributed by atoms with van der Waals surface area (Å²) in [5.74, 6) is 0.704. The fourth-order valence-electron chi connectivity index (χ4n) is 3.09. The molecule has 6 nitrogen and oxygen atoms in total. The molecule has 1 aliphatic carbocycles. The maximum absolute atomic E-state index is 10.9. The summed E-state index contributed by atoms with van der Waals surface area (Å²) in [7, 11) is 0. The number of hydrogen-bond acceptors (Lipinski definition) is 5. The monoisotopic (exact) mass is 262 g/mol. The summed E-state index contributed by atoms with van der Waals surface area (Å²) < 4.78 is 5.74. The van der Waals surface area contributed by atoms with Crippen molar-refractivity contribution in [1.82, 2.24) is 10.2 Å². The molecule has 3 unspecified atom stereocenters. The quantitative estimate of drug-likeness (QED) is 0.846. The number of rotatable bonds is 3. The number of primary amides is 1. The SMILES string of the molecule is NC(=O)c1ccc(NC2CCCC3OCCC23)nn1. The normalized spacial score (nSPS) is 29.8. The number of anilines is 1. The van der Waals surface area contributed by atoms with Gasteiger partial charge in [-0.2, -0.15) is 0 Å². The second kappa shape index (κ2) is 5.13. The molecule has 0 spiro atoms. The van der Waals surface area contributed by atoms with Crippen LogP contribution in [0.4, 0.5) is 5.82 Å². The van der Waals surface area contributed by atoms with Crippen molar-refractivity contribution in [3.63, 3.8) is 0 Å². The van der Waals surface area contributed by atoms with E-state index in [9.17, 15) is 4.79 Å². The Morgan fingerprint density at radius 3 is 2.95 bits per heavy atom. The molecular weight excluding hydrogens is 244 g/mol. The molecule has 1 aliphatic heterocycles. The Labute approximate surface area is 111 Å².